The van der Waals surface area contributed by atoms with E-state index in [0.29, 0.717) is 11.4 Å². The predicted molar refractivity (Wildman–Crippen MR) is 155 cm³/mol. The van der Waals surface area contributed by atoms with E-state index >= 15 is 0 Å². The summed E-state index contributed by atoms with van der Waals surface area (Å²) in [5.74, 6) is 1.72. The van der Waals surface area contributed by atoms with Crippen molar-refractivity contribution >= 4 is 59.9 Å². The monoisotopic (exact) mass is 564 g/mol. The van der Waals surface area contributed by atoms with E-state index in [2.05, 4.69) is 41.9 Å². The lowest BCUT2D eigenvalue weighted by atomic mass is 10.1. The van der Waals surface area contributed by atoms with Gasteiger partial charge in [0.2, 0.25) is 0 Å². The Morgan fingerprint density at radius 3 is 1.47 bits per heavy atom. The number of halogens is 2. The molecule has 2 aliphatic rings. The summed E-state index contributed by atoms with van der Waals surface area (Å²) in [6.45, 7) is 3.39. The number of hydrogen-bond acceptors (Lipinski definition) is 7. The van der Waals surface area contributed by atoms with Crippen LogP contribution in [-0.4, -0.2) is 74.2 Å². The maximum absolute atomic E-state index is 12.1. The van der Waals surface area contributed by atoms with E-state index in [1.807, 2.05) is 24.3 Å². The SMILES string of the molecule is Cl.Cl.O=C(NCC(O)CNC(=O)Nc1ccc(C2=NCCCN2)cc1)Nc1ccc(C2=NCCCN2)cc1. The molecule has 2 heterocycles. The fraction of sp³-hybridized carbons (Fsp3) is 0.360. The summed E-state index contributed by atoms with van der Waals surface area (Å²) in [6, 6.07) is 13.8. The van der Waals surface area contributed by atoms with Gasteiger partial charge in [-0.2, -0.15) is 0 Å². The molecule has 0 radical (unpaired) electrons. The van der Waals surface area contributed by atoms with Gasteiger partial charge in [0.15, 0.2) is 0 Å². The molecule has 0 fully saturated rings. The number of hydrogen-bond donors (Lipinski definition) is 7. The van der Waals surface area contributed by atoms with Crippen LogP contribution in [0.3, 0.4) is 0 Å². The lowest BCUT2D eigenvalue weighted by Crippen LogP contribution is -2.42. The lowest BCUT2D eigenvalue weighted by Gasteiger charge is -2.16. The van der Waals surface area contributed by atoms with E-state index < -0.39 is 18.2 Å². The predicted octanol–water partition coefficient (Wildman–Crippen LogP) is 2.31. The highest BCUT2D eigenvalue weighted by Crippen LogP contribution is 2.12. The normalized spacial score (nSPS) is 14.3. The number of aliphatic imine (C=N–C) groups is 2. The fourth-order valence-electron chi connectivity index (χ4n) is 3.72. The summed E-state index contributed by atoms with van der Waals surface area (Å²) in [5.41, 5.74) is 3.17. The number of nitrogens with zero attached hydrogens (tertiary/aromatic N) is 2. The highest BCUT2D eigenvalue weighted by Gasteiger charge is 2.11. The molecule has 2 aromatic carbocycles. The Hall–Kier alpha value is -3.54. The van der Waals surface area contributed by atoms with Crippen LogP contribution in [-0.2, 0) is 0 Å². The second kappa shape index (κ2) is 15.7. The molecule has 0 saturated heterocycles. The standard InChI is InChI=1S/C25H32N8O3.2ClH/c34-21(15-30-24(35)32-19-7-3-17(4-8-19)22-26-11-1-12-27-22)16-31-25(36)33-20-9-5-18(6-10-20)23-28-13-2-14-29-23;;/h3-10,21,34H,1-2,11-16H2,(H,26,27)(H,28,29)(H2,30,32,35)(H2,31,33,36);2*1H. The maximum Gasteiger partial charge on any atom is 0.319 e. The van der Waals surface area contributed by atoms with E-state index in [1.54, 1.807) is 24.3 Å². The topological polar surface area (TPSA) is 151 Å². The third-order valence-corrected chi connectivity index (χ3v) is 5.62. The average molecular weight is 566 g/mol. The zero-order valence-electron chi connectivity index (χ0n) is 20.8. The Morgan fingerprint density at radius 1 is 0.737 bits per heavy atom. The summed E-state index contributed by atoms with van der Waals surface area (Å²) in [5, 5.41) is 27.3. The molecule has 0 saturated carbocycles. The van der Waals surface area contributed by atoms with Crippen LogP contribution in [0.4, 0.5) is 21.0 Å². The van der Waals surface area contributed by atoms with Crippen molar-refractivity contribution in [1.82, 2.24) is 21.3 Å². The second-order valence-corrected chi connectivity index (χ2v) is 8.50. The van der Waals surface area contributed by atoms with Crippen LogP contribution in [0.5, 0.6) is 0 Å². The summed E-state index contributed by atoms with van der Waals surface area (Å²) in [4.78, 5) is 33.2. The van der Waals surface area contributed by atoms with E-state index in [0.717, 1.165) is 61.8 Å². The molecule has 7 N–H and O–H groups in total. The molecular weight excluding hydrogens is 531 g/mol. The molecule has 0 atom stereocenters. The van der Waals surface area contributed by atoms with Gasteiger partial charge in [-0.25, -0.2) is 9.59 Å². The molecule has 0 bridgehead atoms. The molecule has 4 rings (SSSR count). The van der Waals surface area contributed by atoms with Crippen molar-refractivity contribution in [3.8, 4) is 0 Å². The van der Waals surface area contributed by atoms with Crippen LogP contribution in [0.15, 0.2) is 58.5 Å². The van der Waals surface area contributed by atoms with Crippen LogP contribution < -0.4 is 31.9 Å². The number of nitrogens with one attached hydrogen (secondary N) is 6. The Kier molecular flexibility index (Phi) is 12.6. The smallest absolute Gasteiger partial charge is 0.319 e. The number of carbonyl (C=O) groups is 2. The first kappa shape index (κ1) is 30.7. The Morgan fingerprint density at radius 2 is 1.13 bits per heavy atom. The molecule has 13 heteroatoms. The Balaban J connectivity index is 0.00000253. The molecule has 11 nitrogen and oxygen atoms in total. The van der Waals surface area contributed by atoms with Crippen molar-refractivity contribution in [3.05, 3.63) is 59.7 Å². The Bertz CT molecular complexity index is 1020. The van der Waals surface area contributed by atoms with Gasteiger partial charge in [0, 0.05) is 61.8 Å². The number of amides is 4. The zero-order chi connectivity index (χ0) is 25.2. The van der Waals surface area contributed by atoms with Gasteiger partial charge < -0.3 is 37.0 Å². The van der Waals surface area contributed by atoms with Gasteiger partial charge in [0.05, 0.1) is 6.10 Å². The van der Waals surface area contributed by atoms with Crippen LogP contribution in [0.25, 0.3) is 0 Å². The third-order valence-electron chi connectivity index (χ3n) is 5.62. The van der Waals surface area contributed by atoms with Gasteiger partial charge >= 0.3 is 12.1 Å². The van der Waals surface area contributed by atoms with Crippen molar-refractivity contribution in [2.45, 2.75) is 18.9 Å². The van der Waals surface area contributed by atoms with Crippen LogP contribution in [0.1, 0.15) is 24.0 Å². The van der Waals surface area contributed by atoms with E-state index in [-0.39, 0.29) is 37.9 Å². The number of benzene rings is 2. The third kappa shape index (κ3) is 9.40. The van der Waals surface area contributed by atoms with Crippen molar-refractivity contribution in [2.24, 2.45) is 9.98 Å². The molecule has 0 unspecified atom stereocenters. The van der Waals surface area contributed by atoms with Crippen molar-refractivity contribution < 1.29 is 14.7 Å². The van der Waals surface area contributed by atoms with Crippen LogP contribution in [0.2, 0.25) is 0 Å². The van der Waals surface area contributed by atoms with E-state index in [9.17, 15) is 14.7 Å². The van der Waals surface area contributed by atoms with E-state index in [1.165, 1.54) is 0 Å². The molecule has 4 amide bonds. The fourth-order valence-corrected chi connectivity index (χ4v) is 3.72. The van der Waals surface area contributed by atoms with Gasteiger partial charge in [0.25, 0.3) is 0 Å². The van der Waals surface area contributed by atoms with Crippen LogP contribution >= 0.6 is 24.8 Å². The van der Waals surface area contributed by atoms with Crippen molar-refractivity contribution in [3.63, 3.8) is 0 Å². The molecular formula is C25H34Cl2N8O3. The molecule has 0 aromatic heterocycles. The number of carbonyl (C=O) groups excluding carboxylic acids is 2. The Labute approximate surface area is 234 Å². The maximum atomic E-state index is 12.1. The quantitative estimate of drug-likeness (QED) is 0.262. The molecule has 2 aromatic rings. The summed E-state index contributed by atoms with van der Waals surface area (Å²) < 4.78 is 0. The highest BCUT2D eigenvalue weighted by molar-refractivity contribution is 6.00. The minimum absolute atomic E-state index is 0. The molecule has 2 aliphatic heterocycles. The first-order chi connectivity index (χ1) is 17.6. The summed E-state index contributed by atoms with van der Waals surface area (Å²) >= 11 is 0. The first-order valence-corrected chi connectivity index (χ1v) is 12.1. The lowest BCUT2D eigenvalue weighted by molar-refractivity contribution is 0.170. The number of anilines is 2. The number of amidine groups is 2. The number of aliphatic hydroxyl groups is 1. The molecule has 0 aliphatic carbocycles. The zero-order valence-corrected chi connectivity index (χ0v) is 22.5. The van der Waals surface area contributed by atoms with Crippen molar-refractivity contribution in [1.29, 1.82) is 0 Å². The number of urea groups is 2. The van der Waals surface area contributed by atoms with Crippen molar-refractivity contribution in [2.75, 3.05) is 49.9 Å². The van der Waals surface area contributed by atoms with Crippen LogP contribution in [0, 0.1) is 0 Å². The summed E-state index contributed by atoms with van der Waals surface area (Å²) in [7, 11) is 0. The van der Waals surface area contributed by atoms with Gasteiger partial charge in [-0.15, -0.1) is 24.8 Å². The first-order valence-electron chi connectivity index (χ1n) is 12.1. The molecule has 206 valence electrons. The van der Waals surface area contributed by atoms with Gasteiger partial charge in [-0.1, -0.05) is 0 Å². The molecule has 38 heavy (non-hydrogen) atoms. The average Bonchev–Trinajstić information content (AvgIpc) is 2.92. The minimum Gasteiger partial charge on any atom is -0.389 e. The van der Waals surface area contributed by atoms with Gasteiger partial charge in [-0.3, -0.25) is 9.98 Å². The summed E-state index contributed by atoms with van der Waals surface area (Å²) in [6.07, 6.45) is 1.10. The highest BCUT2D eigenvalue weighted by atomic mass is 35.5. The minimum atomic E-state index is -0.947. The second-order valence-electron chi connectivity index (χ2n) is 8.50. The number of rotatable bonds is 8. The van der Waals surface area contributed by atoms with Gasteiger partial charge in [-0.05, 0) is 61.4 Å². The number of aliphatic hydroxyl groups excluding tert-OH is 1. The van der Waals surface area contributed by atoms with E-state index in [4.69, 9.17) is 0 Å². The largest absolute Gasteiger partial charge is 0.389 e. The van der Waals surface area contributed by atoms with Gasteiger partial charge in [0.1, 0.15) is 11.7 Å². The molecule has 0 spiro atoms.